The van der Waals surface area contributed by atoms with Gasteiger partial charge in [0.1, 0.15) is 0 Å². The van der Waals surface area contributed by atoms with Crippen LogP contribution in [-0.4, -0.2) is 11.7 Å². The van der Waals surface area contributed by atoms with Crippen molar-refractivity contribution in [1.82, 2.24) is 0 Å². The van der Waals surface area contributed by atoms with Crippen LogP contribution < -0.4 is 5.73 Å². The molecule has 0 amide bonds. The molecule has 0 fully saturated rings. The third-order valence-corrected chi connectivity index (χ3v) is 4.19. The third-order valence-electron chi connectivity index (χ3n) is 3.46. The van der Waals surface area contributed by atoms with Crippen molar-refractivity contribution in [2.24, 2.45) is 5.73 Å². The molecule has 0 heterocycles. The lowest BCUT2D eigenvalue weighted by molar-refractivity contribution is 0.147. The lowest BCUT2D eigenvalue weighted by Gasteiger charge is -2.24. The average molecular weight is 355 g/mol. The summed E-state index contributed by atoms with van der Waals surface area (Å²) in [7, 11) is 0. The highest BCUT2D eigenvalue weighted by Gasteiger charge is 2.23. The topological polar surface area (TPSA) is 46.2 Å². The summed E-state index contributed by atoms with van der Waals surface area (Å²) in [5.74, 6) is -0.146. The second-order valence-electron chi connectivity index (χ2n) is 4.84. The fourth-order valence-electron chi connectivity index (χ4n) is 2.37. The van der Waals surface area contributed by atoms with Gasteiger partial charge in [-0.3, -0.25) is 0 Å². The molecule has 2 nitrogen and oxygen atoms in total. The largest absolute Gasteiger partial charge is 0.388 e. The normalized spacial score (nSPS) is 14.1. The maximum Gasteiger partial charge on any atom is 0.0873 e. The molecule has 0 bridgehead atoms. The van der Waals surface area contributed by atoms with E-state index in [-0.39, 0.29) is 5.92 Å². The molecule has 2 rings (SSSR count). The van der Waals surface area contributed by atoms with E-state index in [1.807, 2.05) is 43.3 Å². The van der Waals surface area contributed by atoms with Gasteiger partial charge in [0, 0.05) is 22.0 Å². The van der Waals surface area contributed by atoms with Crippen molar-refractivity contribution in [3.63, 3.8) is 0 Å². The first-order valence-corrected chi connectivity index (χ1v) is 7.59. The minimum absolute atomic E-state index is 0.146. The molecule has 0 saturated carbocycles. The van der Waals surface area contributed by atoms with Crippen LogP contribution in [0.3, 0.4) is 0 Å². The van der Waals surface area contributed by atoms with Gasteiger partial charge in [0.15, 0.2) is 0 Å². The van der Waals surface area contributed by atoms with Crippen LogP contribution in [0.25, 0.3) is 0 Å². The SMILES string of the molecule is Cc1cc(Cl)ccc1C(O)C(CN)c1cccc(Br)c1. The summed E-state index contributed by atoms with van der Waals surface area (Å²) in [5, 5.41) is 11.3. The van der Waals surface area contributed by atoms with E-state index < -0.39 is 6.10 Å². The Morgan fingerprint density at radius 3 is 2.60 bits per heavy atom. The van der Waals surface area contributed by atoms with E-state index in [1.165, 1.54) is 0 Å². The van der Waals surface area contributed by atoms with Gasteiger partial charge in [-0.2, -0.15) is 0 Å². The van der Waals surface area contributed by atoms with Gasteiger partial charge < -0.3 is 10.8 Å². The van der Waals surface area contributed by atoms with Crippen molar-refractivity contribution in [3.05, 3.63) is 68.7 Å². The first-order valence-electron chi connectivity index (χ1n) is 6.42. The van der Waals surface area contributed by atoms with Gasteiger partial charge in [-0.15, -0.1) is 0 Å². The van der Waals surface area contributed by atoms with Crippen molar-refractivity contribution < 1.29 is 5.11 Å². The highest BCUT2D eigenvalue weighted by molar-refractivity contribution is 9.10. The lowest BCUT2D eigenvalue weighted by atomic mass is 9.87. The van der Waals surface area contributed by atoms with Gasteiger partial charge in [-0.1, -0.05) is 45.7 Å². The first-order chi connectivity index (χ1) is 9.52. The molecule has 20 heavy (non-hydrogen) atoms. The Hall–Kier alpha value is -0.870. The molecule has 3 N–H and O–H groups in total. The summed E-state index contributed by atoms with van der Waals surface area (Å²) in [6, 6.07) is 13.4. The molecule has 0 saturated heterocycles. The Morgan fingerprint density at radius 2 is 2.00 bits per heavy atom. The van der Waals surface area contributed by atoms with Crippen molar-refractivity contribution in [2.75, 3.05) is 6.54 Å². The molecule has 0 aliphatic heterocycles. The predicted molar refractivity (Wildman–Crippen MR) is 87.1 cm³/mol. The summed E-state index contributed by atoms with van der Waals surface area (Å²) in [6.45, 7) is 2.32. The maximum atomic E-state index is 10.7. The minimum Gasteiger partial charge on any atom is -0.388 e. The fraction of sp³-hybridized carbons (Fsp3) is 0.250. The van der Waals surface area contributed by atoms with E-state index in [0.29, 0.717) is 11.6 Å². The zero-order chi connectivity index (χ0) is 14.7. The van der Waals surface area contributed by atoms with Gasteiger partial charge in [0.05, 0.1) is 6.10 Å². The summed E-state index contributed by atoms with van der Waals surface area (Å²) >= 11 is 9.41. The van der Waals surface area contributed by atoms with Crippen LogP contribution >= 0.6 is 27.5 Å². The van der Waals surface area contributed by atoms with Crippen molar-refractivity contribution >= 4 is 27.5 Å². The zero-order valence-electron chi connectivity index (χ0n) is 11.2. The number of halogens is 2. The molecule has 2 unspecified atom stereocenters. The van der Waals surface area contributed by atoms with E-state index in [0.717, 1.165) is 21.2 Å². The smallest absolute Gasteiger partial charge is 0.0873 e. The van der Waals surface area contributed by atoms with Gasteiger partial charge in [0.25, 0.3) is 0 Å². The predicted octanol–water partition coefficient (Wildman–Crippen LogP) is 4.19. The summed E-state index contributed by atoms with van der Waals surface area (Å²) in [6.07, 6.45) is -0.647. The average Bonchev–Trinajstić information content (AvgIpc) is 2.39. The number of aryl methyl sites for hydroxylation is 1. The molecular weight excluding hydrogens is 338 g/mol. The Bertz CT molecular complexity index is 603. The molecule has 0 spiro atoms. The van der Waals surface area contributed by atoms with Gasteiger partial charge >= 0.3 is 0 Å². The molecule has 0 aliphatic rings. The Labute approximate surface area is 132 Å². The molecule has 2 atom stereocenters. The van der Waals surface area contributed by atoms with E-state index in [4.69, 9.17) is 17.3 Å². The molecule has 0 aromatic heterocycles. The number of rotatable bonds is 4. The molecule has 2 aromatic carbocycles. The maximum absolute atomic E-state index is 10.7. The summed E-state index contributed by atoms with van der Waals surface area (Å²) < 4.78 is 0.980. The minimum atomic E-state index is -0.647. The zero-order valence-corrected chi connectivity index (χ0v) is 13.5. The lowest BCUT2D eigenvalue weighted by Crippen LogP contribution is -2.20. The summed E-state index contributed by atoms with van der Waals surface area (Å²) in [4.78, 5) is 0. The number of nitrogens with two attached hydrogens (primary N) is 1. The van der Waals surface area contributed by atoms with Gasteiger partial charge in [0.2, 0.25) is 0 Å². The third kappa shape index (κ3) is 3.41. The van der Waals surface area contributed by atoms with E-state index in [1.54, 1.807) is 6.07 Å². The molecule has 4 heteroatoms. The molecule has 106 valence electrons. The van der Waals surface area contributed by atoms with E-state index in [2.05, 4.69) is 15.9 Å². The Morgan fingerprint density at radius 1 is 1.25 bits per heavy atom. The Balaban J connectivity index is 2.36. The second kappa shape index (κ2) is 6.72. The van der Waals surface area contributed by atoms with E-state index in [9.17, 15) is 5.11 Å². The standard InChI is InChI=1S/C16H17BrClNO/c1-10-7-13(18)5-6-14(10)16(20)15(9-19)11-3-2-4-12(17)8-11/h2-8,15-16,20H,9,19H2,1H3. The first kappa shape index (κ1) is 15.5. The van der Waals surface area contributed by atoms with Crippen molar-refractivity contribution in [2.45, 2.75) is 18.9 Å². The second-order valence-corrected chi connectivity index (χ2v) is 6.20. The van der Waals surface area contributed by atoms with Crippen LogP contribution in [0.4, 0.5) is 0 Å². The number of aliphatic hydroxyl groups is 1. The van der Waals surface area contributed by atoms with Crippen LogP contribution in [0.15, 0.2) is 46.9 Å². The van der Waals surface area contributed by atoms with Gasteiger partial charge in [-0.05, 0) is 47.9 Å². The van der Waals surface area contributed by atoms with Crippen molar-refractivity contribution in [3.8, 4) is 0 Å². The van der Waals surface area contributed by atoms with Gasteiger partial charge in [-0.25, -0.2) is 0 Å². The summed E-state index contributed by atoms with van der Waals surface area (Å²) in [5.41, 5.74) is 8.73. The molecule has 0 radical (unpaired) electrons. The monoisotopic (exact) mass is 353 g/mol. The number of hydrogen-bond donors (Lipinski definition) is 2. The van der Waals surface area contributed by atoms with Crippen molar-refractivity contribution in [1.29, 1.82) is 0 Å². The number of hydrogen-bond acceptors (Lipinski definition) is 2. The van der Waals surface area contributed by atoms with Crippen LogP contribution in [0.5, 0.6) is 0 Å². The van der Waals surface area contributed by atoms with Crippen LogP contribution in [0.2, 0.25) is 5.02 Å². The van der Waals surface area contributed by atoms with Crippen LogP contribution in [-0.2, 0) is 0 Å². The number of benzene rings is 2. The molecule has 0 aliphatic carbocycles. The van der Waals surface area contributed by atoms with Crippen LogP contribution in [0.1, 0.15) is 28.7 Å². The molecule has 2 aromatic rings. The quantitative estimate of drug-likeness (QED) is 0.865. The Kier molecular flexibility index (Phi) is 5.22. The highest BCUT2D eigenvalue weighted by atomic mass is 79.9. The van der Waals surface area contributed by atoms with E-state index >= 15 is 0 Å². The molecular formula is C16H17BrClNO. The number of aliphatic hydroxyl groups excluding tert-OH is 1. The van der Waals surface area contributed by atoms with Crippen LogP contribution in [0, 0.1) is 6.92 Å². The fourth-order valence-corrected chi connectivity index (χ4v) is 3.02. The highest BCUT2D eigenvalue weighted by Crippen LogP contribution is 2.33.